The molecule has 1 N–H and O–H groups in total. The summed E-state index contributed by atoms with van der Waals surface area (Å²) in [6.45, 7) is 0. The third kappa shape index (κ3) is 2.80. The van der Waals surface area contributed by atoms with Gasteiger partial charge in [-0.2, -0.15) is 0 Å². The lowest BCUT2D eigenvalue weighted by Crippen LogP contribution is -2.07. The van der Waals surface area contributed by atoms with E-state index in [0.29, 0.717) is 10.8 Å². The van der Waals surface area contributed by atoms with Gasteiger partial charge in [0.25, 0.3) is 0 Å². The van der Waals surface area contributed by atoms with Gasteiger partial charge in [0.1, 0.15) is 17.2 Å². The molecule has 0 heterocycles. The van der Waals surface area contributed by atoms with Gasteiger partial charge in [-0.25, -0.2) is 0 Å². The van der Waals surface area contributed by atoms with E-state index in [0.717, 1.165) is 24.2 Å². The van der Waals surface area contributed by atoms with E-state index >= 15 is 0 Å². The Morgan fingerprint density at radius 2 is 1.69 bits per heavy atom. The van der Waals surface area contributed by atoms with Gasteiger partial charge in [-0.1, -0.05) is 29.8 Å². The van der Waals surface area contributed by atoms with Crippen LogP contribution in [0.2, 0.25) is 5.02 Å². The van der Waals surface area contributed by atoms with Crippen LogP contribution in [0.3, 0.4) is 0 Å². The van der Waals surface area contributed by atoms with E-state index in [1.54, 1.807) is 26.4 Å². The van der Waals surface area contributed by atoms with Gasteiger partial charge < -0.3 is 14.6 Å². The van der Waals surface area contributed by atoms with Gasteiger partial charge in [0.15, 0.2) is 0 Å². The molecular weight excluding hydrogens is 384 g/mol. The molecule has 0 amide bonds. The fraction of sp³-hybridized carbons (Fsp3) is 0.200. The number of ether oxygens (including phenoxy) is 2. The molecule has 3 nitrogen and oxygen atoms in total. The van der Waals surface area contributed by atoms with Crippen molar-refractivity contribution in [3.8, 4) is 17.2 Å². The second-order valence-corrected chi connectivity index (χ2v) is 7.92. The van der Waals surface area contributed by atoms with Gasteiger partial charge in [-0.3, -0.25) is 0 Å². The first-order valence-electron chi connectivity index (χ1n) is 9.67. The number of hydrogen-bond donors (Lipinski definition) is 1. The molecule has 1 atom stereocenters. The molecule has 146 valence electrons. The summed E-state index contributed by atoms with van der Waals surface area (Å²) in [6.07, 6.45) is 1.93. The third-order valence-corrected chi connectivity index (χ3v) is 6.34. The first kappa shape index (κ1) is 18.1. The quantitative estimate of drug-likeness (QED) is 0.576. The maximum absolute atomic E-state index is 9.79. The Hall–Kier alpha value is -2.91. The van der Waals surface area contributed by atoms with Crippen LogP contribution in [-0.2, 0) is 6.42 Å². The maximum atomic E-state index is 9.79. The number of aromatic hydroxyl groups is 1. The van der Waals surface area contributed by atoms with Crippen molar-refractivity contribution in [2.75, 3.05) is 14.2 Å². The lowest BCUT2D eigenvalue weighted by atomic mass is 9.79. The fourth-order valence-corrected chi connectivity index (χ4v) is 4.98. The zero-order valence-electron chi connectivity index (χ0n) is 16.3. The summed E-state index contributed by atoms with van der Waals surface area (Å²) in [5.41, 5.74) is 8.77. The number of allylic oxidation sites excluding steroid dienone is 2. The highest BCUT2D eigenvalue weighted by molar-refractivity contribution is 6.32. The molecular formula is C25H21ClO3. The van der Waals surface area contributed by atoms with E-state index in [-0.39, 0.29) is 11.7 Å². The van der Waals surface area contributed by atoms with Crippen molar-refractivity contribution in [1.29, 1.82) is 0 Å². The molecule has 29 heavy (non-hydrogen) atoms. The summed E-state index contributed by atoms with van der Waals surface area (Å²) in [5, 5.41) is 10.4. The van der Waals surface area contributed by atoms with Crippen LogP contribution in [0.5, 0.6) is 17.2 Å². The molecule has 3 aromatic rings. The van der Waals surface area contributed by atoms with Crippen LogP contribution >= 0.6 is 11.6 Å². The van der Waals surface area contributed by atoms with Gasteiger partial charge in [-0.05, 0) is 88.2 Å². The predicted molar refractivity (Wildman–Crippen MR) is 116 cm³/mol. The summed E-state index contributed by atoms with van der Waals surface area (Å²) >= 11 is 6.52. The smallest absolute Gasteiger partial charge is 0.138 e. The van der Waals surface area contributed by atoms with Gasteiger partial charge in [-0.15, -0.1) is 0 Å². The molecule has 5 rings (SSSR count). The Bertz CT molecular complexity index is 1150. The topological polar surface area (TPSA) is 38.7 Å². The number of phenols is 1. The van der Waals surface area contributed by atoms with Gasteiger partial charge >= 0.3 is 0 Å². The van der Waals surface area contributed by atoms with Crippen LogP contribution in [0.25, 0.3) is 11.1 Å². The second-order valence-electron chi connectivity index (χ2n) is 7.51. The van der Waals surface area contributed by atoms with Crippen LogP contribution in [0.4, 0.5) is 0 Å². The Labute approximate surface area is 175 Å². The van der Waals surface area contributed by atoms with Crippen LogP contribution in [0, 0.1) is 0 Å². The van der Waals surface area contributed by atoms with Gasteiger partial charge in [0, 0.05) is 5.92 Å². The minimum absolute atomic E-state index is 0.0662. The van der Waals surface area contributed by atoms with Crippen LogP contribution in [0.15, 0.2) is 54.6 Å². The van der Waals surface area contributed by atoms with Crippen molar-refractivity contribution in [1.82, 2.24) is 0 Å². The number of halogens is 1. The summed E-state index contributed by atoms with van der Waals surface area (Å²) in [7, 11) is 3.35. The number of aryl methyl sites for hydroxylation is 1. The Morgan fingerprint density at radius 3 is 2.41 bits per heavy atom. The number of methoxy groups -OCH3 is 2. The zero-order valence-corrected chi connectivity index (χ0v) is 17.1. The Kier molecular flexibility index (Phi) is 4.29. The molecule has 0 aliphatic heterocycles. The first-order valence-corrected chi connectivity index (χ1v) is 10.1. The standard InChI is InChI=1S/C25H21ClO3/c1-28-17-8-10-18-15(11-17)5-9-19-20-13-23(29-2)22(26)12-21(20)24(25(18)19)14-3-6-16(27)7-4-14/h3-4,6-8,10-13,24,27H,5,9H2,1-2H3. The van der Waals surface area contributed by atoms with E-state index in [4.69, 9.17) is 21.1 Å². The van der Waals surface area contributed by atoms with E-state index < -0.39 is 0 Å². The summed E-state index contributed by atoms with van der Waals surface area (Å²) in [6, 6.07) is 17.9. The molecule has 0 aromatic heterocycles. The van der Waals surface area contributed by atoms with Crippen molar-refractivity contribution in [3.05, 3.63) is 87.4 Å². The minimum Gasteiger partial charge on any atom is -0.508 e. The number of rotatable bonds is 3. The lowest BCUT2D eigenvalue weighted by Gasteiger charge is -2.24. The van der Waals surface area contributed by atoms with Crippen molar-refractivity contribution in [3.63, 3.8) is 0 Å². The highest BCUT2D eigenvalue weighted by Crippen LogP contribution is 2.56. The van der Waals surface area contributed by atoms with E-state index in [1.807, 2.05) is 24.3 Å². The number of benzene rings is 3. The highest BCUT2D eigenvalue weighted by atomic mass is 35.5. The van der Waals surface area contributed by atoms with Crippen molar-refractivity contribution in [2.45, 2.75) is 18.8 Å². The van der Waals surface area contributed by atoms with Crippen LogP contribution in [0.1, 0.15) is 40.2 Å². The second kappa shape index (κ2) is 6.85. The summed E-state index contributed by atoms with van der Waals surface area (Å²) < 4.78 is 10.9. The first-order chi connectivity index (χ1) is 14.1. The Balaban J connectivity index is 1.77. The molecule has 0 bridgehead atoms. The normalized spacial score (nSPS) is 16.9. The zero-order chi connectivity index (χ0) is 20.1. The van der Waals surface area contributed by atoms with E-state index in [1.165, 1.54) is 33.4 Å². The van der Waals surface area contributed by atoms with Crippen molar-refractivity contribution < 1.29 is 14.6 Å². The van der Waals surface area contributed by atoms with Gasteiger partial charge in [0.05, 0.1) is 19.2 Å². The Morgan fingerprint density at radius 1 is 0.897 bits per heavy atom. The number of hydrogen-bond acceptors (Lipinski definition) is 3. The minimum atomic E-state index is 0.0662. The van der Waals surface area contributed by atoms with Gasteiger partial charge in [0.2, 0.25) is 0 Å². The molecule has 4 heteroatoms. The highest BCUT2D eigenvalue weighted by Gasteiger charge is 2.37. The molecule has 0 fully saturated rings. The SMILES string of the molecule is COc1ccc2c(c1)CCC1=C2C(c2ccc(O)cc2)c2cc(Cl)c(OC)cc21. The average molecular weight is 405 g/mol. The molecule has 0 saturated heterocycles. The average Bonchev–Trinajstić information content (AvgIpc) is 3.06. The fourth-order valence-electron chi connectivity index (χ4n) is 4.73. The largest absolute Gasteiger partial charge is 0.508 e. The molecule has 0 radical (unpaired) electrons. The van der Waals surface area contributed by atoms with E-state index in [9.17, 15) is 5.11 Å². The third-order valence-electron chi connectivity index (χ3n) is 6.05. The van der Waals surface area contributed by atoms with Crippen molar-refractivity contribution >= 4 is 22.7 Å². The monoisotopic (exact) mass is 404 g/mol. The maximum Gasteiger partial charge on any atom is 0.138 e. The summed E-state index contributed by atoms with van der Waals surface area (Å²) in [5.74, 6) is 1.91. The molecule has 0 spiro atoms. The molecule has 0 saturated carbocycles. The number of phenolic OH excluding ortho intramolecular Hbond substituents is 1. The molecule has 3 aromatic carbocycles. The number of fused-ring (bicyclic) bond motifs is 4. The van der Waals surface area contributed by atoms with E-state index in [2.05, 4.69) is 18.2 Å². The predicted octanol–water partition coefficient (Wildman–Crippen LogP) is 6.07. The molecule has 2 aliphatic rings. The lowest BCUT2D eigenvalue weighted by molar-refractivity contribution is 0.414. The molecule has 2 aliphatic carbocycles. The molecule has 1 unspecified atom stereocenters. The van der Waals surface area contributed by atoms with Crippen LogP contribution in [-0.4, -0.2) is 19.3 Å². The summed E-state index contributed by atoms with van der Waals surface area (Å²) in [4.78, 5) is 0. The van der Waals surface area contributed by atoms with Crippen LogP contribution < -0.4 is 9.47 Å². The van der Waals surface area contributed by atoms with Crippen molar-refractivity contribution in [2.24, 2.45) is 0 Å².